The number of carbonyl (C=O) groups is 1. The molecule has 10 heteroatoms. The van der Waals surface area contributed by atoms with Crippen molar-refractivity contribution in [1.29, 1.82) is 0 Å². The zero-order valence-electron chi connectivity index (χ0n) is 13.7. The summed E-state index contributed by atoms with van der Waals surface area (Å²) in [5, 5.41) is 1.81. The van der Waals surface area contributed by atoms with Crippen LogP contribution in [0, 0.1) is 0 Å². The molecule has 0 aliphatic rings. The molecule has 0 unspecified atom stereocenters. The van der Waals surface area contributed by atoms with Crippen LogP contribution in [0.5, 0.6) is 0 Å². The number of amides is 1. The Hall–Kier alpha value is -3.30. The van der Waals surface area contributed by atoms with E-state index in [0.717, 1.165) is 30.5 Å². The highest BCUT2D eigenvalue weighted by atomic mass is 19.4. The summed E-state index contributed by atoms with van der Waals surface area (Å²) in [4.78, 5) is 27.1. The Labute approximate surface area is 152 Å². The van der Waals surface area contributed by atoms with Gasteiger partial charge >= 0.3 is 12.4 Å². The van der Waals surface area contributed by atoms with Crippen LogP contribution in [0.1, 0.15) is 21.5 Å². The van der Waals surface area contributed by atoms with Crippen molar-refractivity contribution in [1.82, 2.24) is 4.98 Å². The Kier molecular flexibility index (Phi) is 4.66. The van der Waals surface area contributed by atoms with Crippen LogP contribution < -0.4 is 10.7 Å². The van der Waals surface area contributed by atoms with E-state index in [4.69, 9.17) is 0 Å². The molecule has 0 bridgehead atoms. The minimum absolute atomic E-state index is 0.160. The summed E-state index contributed by atoms with van der Waals surface area (Å²) >= 11 is 0. The topological polar surface area (TPSA) is 62.0 Å². The SMILES string of the molecule is O=C(Nc1ccccc1C(F)(F)F)c1c[nH]c2cc(C(F)(F)F)ccc2c1=O. The molecule has 3 rings (SSSR count). The summed E-state index contributed by atoms with van der Waals surface area (Å²) in [6.07, 6.45) is -8.49. The van der Waals surface area contributed by atoms with Gasteiger partial charge in [0, 0.05) is 17.1 Å². The number of fused-ring (bicyclic) bond motifs is 1. The second-order valence-corrected chi connectivity index (χ2v) is 5.79. The first-order chi connectivity index (χ1) is 13.0. The largest absolute Gasteiger partial charge is 0.418 e. The predicted molar refractivity (Wildman–Crippen MR) is 89.0 cm³/mol. The lowest BCUT2D eigenvalue weighted by molar-refractivity contribution is -0.138. The van der Waals surface area contributed by atoms with Crippen molar-refractivity contribution in [3.63, 3.8) is 0 Å². The third-order valence-corrected chi connectivity index (χ3v) is 3.93. The lowest BCUT2D eigenvalue weighted by Gasteiger charge is -2.13. The third kappa shape index (κ3) is 3.71. The van der Waals surface area contributed by atoms with Crippen LogP contribution in [-0.2, 0) is 12.4 Å². The number of hydrogen-bond donors (Lipinski definition) is 2. The molecule has 4 nitrogen and oxygen atoms in total. The Morgan fingerprint density at radius 2 is 1.61 bits per heavy atom. The molecule has 0 fully saturated rings. The van der Waals surface area contributed by atoms with Crippen molar-refractivity contribution in [2.75, 3.05) is 5.32 Å². The predicted octanol–water partition coefficient (Wildman–Crippen LogP) is 4.82. The number of halogens is 6. The van der Waals surface area contributed by atoms with Gasteiger partial charge in [-0.05, 0) is 30.3 Å². The summed E-state index contributed by atoms with van der Waals surface area (Å²) in [7, 11) is 0. The number of benzene rings is 2. The molecule has 2 N–H and O–H groups in total. The number of H-pyrrole nitrogens is 1. The lowest BCUT2D eigenvalue weighted by atomic mass is 10.1. The van der Waals surface area contributed by atoms with E-state index in [1.165, 1.54) is 6.07 Å². The first-order valence-corrected chi connectivity index (χ1v) is 7.68. The molecule has 146 valence electrons. The van der Waals surface area contributed by atoms with Gasteiger partial charge in [0.15, 0.2) is 0 Å². The standard InChI is InChI=1S/C18H10F6N2O2/c19-17(20,21)9-5-6-10-14(7-9)25-8-11(15(10)27)16(28)26-13-4-2-1-3-12(13)18(22,23)24/h1-8H,(H,25,27)(H,26,28). The monoisotopic (exact) mass is 400 g/mol. The maximum Gasteiger partial charge on any atom is 0.418 e. The van der Waals surface area contributed by atoms with Gasteiger partial charge in [-0.15, -0.1) is 0 Å². The summed E-state index contributed by atoms with van der Waals surface area (Å²) in [5.41, 5.74) is -4.25. The lowest BCUT2D eigenvalue weighted by Crippen LogP contribution is -2.23. The van der Waals surface area contributed by atoms with Gasteiger partial charge in [-0.25, -0.2) is 0 Å². The van der Waals surface area contributed by atoms with Gasteiger partial charge in [0.2, 0.25) is 5.43 Å². The van der Waals surface area contributed by atoms with Gasteiger partial charge in [-0.2, -0.15) is 26.3 Å². The number of alkyl halides is 6. The van der Waals surface area contributed by atoms with Gasteiger partial charge < -0.3 is 10.3 Å². The molecule has 2 aromatic carbocycles. The summed E-state index contributed by atoms with van der Waals surface area (Å²) in [6, 6.07) is 6.48. The quantitative estimate of drug-likeness (QED) is 0.606. The van der Waals surface area contributed by atoms with E-state index in [2.05, 4.69) is 4.98 Å². The van der Waals surface area contributed by atoms with Crippen molar-refractivity contribution in [2.24, 2.45) is 0 Å². The molecule has 28 heavy (non-hydrogen) atoms. The molecule has 1 heterocycles. The first-order valence-electron chi connectivity index (χ1n) is 7.68. The number of nitrogens with one attached hydrogen (secondary N) is 2. The fourth-order valence-corrected chi connectivity index (χ4v) is 2.60. The fourth-order valence-electron chi connectivity index (χ4n) is 2.60. The van der Waals surface area contributed by atoms with Gasteiger partial charge in [0.25, 0.3) is 5.91 Å². The van der Waals surface area contributed by atoms with Gasteiger partial charge in [-0.1, -0.05) is 12.1 Å². The molecule has 0 radical (unpaired) electrons. The molecule has 0 saturated carbocycles. The molecule has 0 aliphatic heterocycles. The molecule has 1 amide bonds. The number of rotatable bonds is 2. The average Bonchev–Trinajstić information content (AvgIpc) is 2.60. The van der Waals surface area contributed by atoms with Crippen LogP contribution in [0.2, 0.25) is 0 Å². The van der Waals surface area contributed by atoms with Crippen LogP contribution >= 0.6 is 0 Å². The number of aromatic amines is 1. The zero-order chi connectivity index (χ0) is 20.7. The van der Waals surface area contributed by atoms with Gasteiger partial charge in [0.05, 0.1) is 16.8 Å². The third-order valence-electron chi connectivity index (χ3n) is 3.93. The van der Waals surface area contributed by atoms with Crippen LogP contribution in [0.4, 0.5) is 32.0 Å². The van der Waals surface area contributed by atoms with Crippen LogP contribution in [0.15, 0.2) is 53.5 Å². The molecule has 1 aromatic heterocycles. The summed E-state index contributed by atoms with van der Waals surface area (Å²) in [6.45, 7) is 0. The summed E-state index contributed by atoms with van der Waals surface area (Å²) < 4.78 is 77.3. The minimum atomic E-state index is -4.73. The molecule has 0 atom stereocenters. The molecule has 0 aliphatic carbocycles. The molecular formula is C18H10F6N2O2. The zero-order valence-corrected chi connectivity index (χ0v) is 13.7. The molecule has 3 aromatic rings. The second kappa shape index (κ2) is 6.70. The number of anilines is 1. The minimum Gasteiger partial charge on any atom is -0.360 e. The van der Waals surface area contributed by atoms with E-state index in [1.807, 2.05) is 5.32 Å². The van der Waals surface area contributed by atoms with Crippen molar-refractivity contribution < 1.29 is 31.1 Å². The maximum absolute atomic E-state index is 13.0. The van der Waals surface area contributed by atoms with Gasteiger partial charge in [0.1, 0.15) is 5.56 Å². The van der Waals surface area contributed by atoms with Gasteiger partial charge in [-0.3, -0.25) is 9.59 Å². The molecule has 0 spiro atoms. The Balaban J connectivity index is 2.00. The number of carbonyl (C=O) groups excluding carboxylic acids is 1. The van der Waals surface area contributed by atoms with Crippen LogP contribution in [0.25, 0.3) is 10.9 Å². The van der Waals surface area contributed by atoms with E-state index in [9.17, 15) is 35.9 Å². The smallest absolute Gasteiger partial charge is 0.360 e. The Morgan fingerprint density at radius 1 is 0.929 bits per heavy atom. The van der Waals surface area contributed by atoms with E-state index in [-0.39, 0.29) is 10.9 Å². The molecule has 0 saturated heterocycles. The van der Waals surface area contributed by atoms with Crippen molar-refractivity contribution >= 4 is 22.5 Å². The highest BCUT2D eigenvalue weighted by Crippen LogP contribution is 2.34. The normalized spacial score (nSPS) is 12.2. The van der Waals surface area contributed by atoms with E-state index < -0.39 is 46.1 Å². The Bertz CT molecular complexity index is 1120. The van der Waals surface area contributed by atoms with E-state index >= 15 is 0 Å². The average molecular weight is 400 g/mol. The van der Waals surface area contributed by atoms with Crippen molar-refractivity contribution in [2.45, 2.75) is 12.4 Å². The van der Waals surface area contributed by atoms with Crippen LogP contribution in [-0.4, -0.2) is 10.9 Å². The maximum atomic E-state index is 13.0. The van der Waals surface area contributed by atoms with Crippen molar-refractivity contribution in [3.05, 3.63) is 75.6 Å². The molecular weight excluding hydrogens is 390 g/mol. The van der Waals surface area contributed by atoms with Crippen molar-refractivity contribution in [3.8, 4) is 0 Å². The van der Waals surface area contributed by atoms with E-state index in [1.54, 1.807) is 0 Å². The second-order valence-electron chi connectivity index (χ2n) is 5.79. The number of hydrogen-bond acceptors (Lipinski definition) is 2. The first kappa shape index (κ1) is 19.5. The highest BCUT2D eigenvalue weighted by Gasteiger charge is 2.34. The number of para-hydroxylation sites is 1. The summed E-state index contributed by atoms with van der Waals surface area (Å²) in [5.74, 6) is -1.13. The van der Waals surface area contributed by atoms with E-state index in [0.29, 0.717) is 12.1 Å². The number of pyridine rings is 1. The highest BCUT2D eigenvalue weighted by molar-refractivity contribution is 6.06. The Morgan fingerprint density at radius 3 is 2.25 bits per heavy atom. The van der Waals surface area contributed by atoms with Crippen LogP contribution in [0.3, 0.4) is 0 Å². The number of aromatic nitrogens is 1. The fraction of sp³-hybridized carbons (Fsp3) is 0.111.